The van der Waals surface area contributed by atoms with Crippen LogP contribution in [-0.4, -0.2) is 35.8 Å². The van der Waals surface area contributed by atoms with Crippen molar-refractivity contribution in [3.05, 3.63) is 20.3 Å². The number of piperidine rings is 1. The van der Waals surface area contributed by atoms with E-state index in [0.29, 0.717) is 27.3 Å². The van der Waals surface area contributed by atoms with E-state index in [4.69, 9.17) is 23.2 Å². The molecule has 0 unspecified atom stereocenters. The Morgan fingerprint density at radius 2 is 1.95 bits per heavy atom. The summed E-state index contributed by atoms with van der Waals surface area (Å²) in [4.78, 5) is 25.9. The molecule has 116 valence electrons. The minimum Gasteiger partial charge on any atom is -0.349 e. The highest BCUT2D eigenvalue weighted by atomic mass is 35.5. The zero-order valence-electron chi connectivity index (χ0n) is 12.0. The zero-order valence-corrected chi connectivity index (χ0v) is 14.3. The molecule has 2 heterocycles. The highest BCUT2D eigenvalue weighted by molar-refractivity contribution is 7.20. The summed E-state index contributed by atoms with van der Waals surface area (Å²) in [6.07, 6.45) is 1.53. The highest BCUT2D eigenvalue weighted by Gasteiger charge is 2.26. The quantitative estimate of drug-likeness (QED) is 0.909. The van der Waals surface area contributed by atoms with Crippen LogP contribution in [0.2, 0.25) is 8.67 Å². The third kappa shape index (κ3) is 4.11. The van der Waals surface area contributed by atoms with Crippen LogP contribution in [0.15, 0.2) is 6.07 Å². The number of halogens is 2. The van der Waals surface area contributed by atoms with Crippen LogP contribution >= 0.6 is 34.5 Å². The summed E-state index contributed by atoms with van der Waals surface area (Å²) in [5.41, 5.74) is 0.423. The molecule has 0 atom stereocenters. The first-order valence-electron chi connectivity index (χ1n) is 6.93. The summed E-state index contributed by atoms with van der Waals surface area (Å²) in [5, 5.41) is 2.96. The van der Waals surface area contributed by atoms with Gasteiger partial charge in [-0.3, -0.25) is 9.59 Å². The van der Waals surface area contributed by atoms with Gasteiger partial charge < -0.3 is 10.2 Å². The van der Waals surface area contributed by atoms with E-state index in [1.807, 2.05) is 18.7 Å². The Kier molecular flexibility index (Phi) is 5.52. The van der Waals surface area contributed by atoms with Gasteiger partial charge in [0.1, 0.15) is 4.34 Å². The van der Waals surface area contributed by atoms with E-state index in [-0.39, 0.29) is 23.8 Å². The van der Waals surface area contributed by atoms with Crippen LogP contribution in [-0.2, 0) is 4.79 Å². The third-order valence-electron chi connectivity index (χ3n) is 3.54. The van der Waals surface area contributed by atoms with Gasteiger partial charge in [0.25, 0.3) is 5.91 Å². The van der Waals surface area contributed by atoms with E-state index >= 15 is 0 Å². The number of hydrogen-bond donors (Lipinski definition) is 1. The van der Waals surface area contributed by atoms with Gasteiger partial charge in [-0.2, -0.15) is 0 Å². The molecule has 0 radical (unpaired) electrons. The van der Waals surface area contributed by atoms with E-state index in [2.05, 4.69) is 5.32 Å². The maximum absolute atomic E-state index is 12.1. The fourth-order valence-electron chi connectivity index (χ4n) is 2.37. The zero-order chi connectivity index (χ0) is 15.6. The van der Waals surface area contributed by atoms with Gasteiger partial charge in [-0.25, -0.2) is 0 Å². The number of amides is 2. The van der Waals surface area contributed by atoms with Crippen LogP contribution < -0.4 is 5.32 Å². The average molecular weight is 349 g/mol. The molecule has 2 rings (SSSR count). The molecule has 1 N–H and O–H groups in total. The molecule has 1 aromatic rings. The molecule has 1 aromatic heterocycles. The fourth-order valence-corrected chi connectivity index (χ4v) is 3.83. The molecule has 7 heteroatoms. The van der Waals surface area contributed by atoms with Gasteiger partial charge >= 0.3 is 0 Å². The Hall–Kier alpha value is -0.780. The first kappa shape index (κ1) is 16.6. The third-order valence-corrected chi connectivity index (χ3v) is 5.02. The monoisotopic (exact) mass is 348 g/mol. The van der Waals surface area contributed by atoms with Gasteiger partial charge in [-0.05, 0) is 18.9 Å². The van der Waals surface area contributed by atoms with Crippen molar-refractivity contribution in [2.75, 3.05) is 13.1 Å². The van der Waals surface area contributed by atoms with Gasteiger partial charge in [0.15, 0.2) is 0 Å². The van der Waals surface area contributed by atoms with Gasteiger partial charge in [0, 0.05) is 25.0 Å². The van der Waals surface area contributed by atoms with E-state index in [1.54, 1.807) is 6.07 Å². The predicted octanol–water partition coefficient (Wildman–Crippen LogP) is 3.43. The number of carbonyl (C=O) groups excluding carboxylic acids is 2. The van der Waals surface area contributed by atoms with Gasteiger partial charge in [0.2, 0.25) is 5.91 Å². The number of carbonyl (C=O) groups is 2. The van der Waals surface area contributed by atoms with Gasteiger partial charge in [-0.15, -0.1) is 11.3 Å². The molecule has 0 bridgehead atoms. The fraction of sp³-hybridized carbons (Fsp3) is 0.571. The Labute approximate surface area is 138 Å². The molecular formula is C14H18Cl2N2O2S. The Bertz CT molecular complexity index is 537. The normalized spacial score (nSPS) is 16.3. The molecule has 1 fully saturated rings. The maximum atomic E-state index is 12.1. The minimum atomic E-state index is -0.197. The first-order valence-corrected chi connectivity index (χ1v) is 8.50. The number of rotatable bonds is 3. The molecule has 1 aliphatic rings. The van der Waals surface area contributed by atoms with Crippen LogP contribution in [0, 0.1) is 5.92 Å². The average Bonchev–Trinajstić information content (AvgIpc) is 2.77. The largest absolute Gasteiger partial charge is 0.349 e. The second-order valence-electron chi connectivity index (χ2n) is 5.47. The summed E-state index contributed by atoms with van der Waals surface area (Å²) < 4.78 is 0.910. The van der Waals surface area contributed by atoms with Crippen molar-refractivity contribution in [2.24, 2.45) is 5.92 Å². The smallest absolute Gasteiger partial charge is 0.253 e. The van der Waals surface area contributed by atoms with Crippen molar-refractivity contribution in [2.45, 2.75) is 32.7 Å². The van der Waals surface area contributed by atoms with Crippen LogP contribution in [0.3, 0.4) is 0 Å². The van der Waals surface area contributed by atoms with Crippen molar-refractivity contribution < 1.29 is 9.59 Å². The lowest BCUT2D eigenvalue weighted by Gasteiger charge is -2.33. The molecule has 2 amide bonds. The summed E-state index contributed by atoms with van der Waals surface area (Å²) in [6, 6.07) is 1.66. The van der Waals surface area contributed by atoms with E-state index < -0.39 is 0 Å². The van der Waals surface area contributed by atoms with Crippen LogP contribution in [0.5, 0.6) is 0 Å². The van der Waals surface area contributed by atoms with Crippen molar-refractivity contribution in [3.63, 3.8) is 0 Å². The maximum Gasteiger partial charge on any atom is 0.253 e. The number of thiophene rings is 1. The number of nitrogens with zero attached hydrogens (tertiary/aromatic N) is 1. The van der Waals surface area contributed by atoms with Gasteiger partial charge in [0.05, 0.1) is 9.90 Å². The molecule has 0 saturated carbocycles. The lowest BCUT2D eigenvalue weighted by Crippen LogP contribution is -2.47. The van der Waals surface area contributed by atoms with Crippen molar-refractivity contribution in [3.8, 4) is 0 Å². The lowest BCUT2D eigenvalue weighted by atomic mass is 10.0. The molecule has 21 heavy (non-hydrogen) atoms. The SMILES string of the molecule is CC(C)C(=O)N1CCC(NC(=O)c2cc(Cl)sc2Cl)CC1. The summed E-state index contributed by atoms with van der Waals surface area (Å²) in [7, 11) is 0. The number of nitrogens with one attached hydrogen (secondary N) is 1. The topological polar surface area (TPSA) is 49.4 Å². The predicted molar refractivity (Wildman–Crippen MR) is 86.2 cm³/mol. The van der Waals surface area contributed by atoms with Crippen LogP contribution in [0.1, 0.15) is 37.0 Å². The second-order valence-corrected chi connectivity index (χ2v) is 7.75. The van der Waals surface area contributed by atoms with E-state index in [9.17, 15) is 9.59 Å². The van der Waals surface area contributed by atoms with Crippen molar-refractivity contribution in [1.82, 2.24) is 10.2 Å². The molecule has 4 nitrogen and oxygen atoms in total. The molecular weight excluding hydrogens is 331 g/mol. The second kappa shape index (κ2) is 6.99. The summed E-state index contributed by atoms with van der Waals surface area (Å²) >= 11 is 13.0. The Morgan fingerprint density at radius 3 is 2.43 bits per heavy atom. The van der Waals surface area contributed by atoms with Crippen molar-refractivity contribution >= 4 is 46.4 Å². The molecule has 0 spiro atoms. The van der Waals surface area contributed by atoms with Crippen LogP contribution in [0.4, 0.5) is 0 Å². The summed E-state index contributed by atoms with van der Waals surface area (Å²) in [5.74, 6) is -0.00730. The minimum absolute atomic E-state index is 0.0166. The Morgan fingerprint density at radius 1 is 1.33 bits per heavy atom. The van der Waals surface area contributed by atoms with E-state index in [0.717, 1.165) is 12.8 Å². The lowest BCUT2D eigenvalue weighted by molar-refractivity contribution is -0.135. The number of likely N-dealkylation sites (tertiary alicyclic amines) is 1. The molecule has 0 aromatic carbocycles. The standard InChI is InChI=1S/C14H18Cl2N2O2S/c1-8(2)14(20)18-5-3-9(4-6-18)17-13(19)10-7-11(15)21-12(10)16/h7-9H,3-6H2,1-2H3,(H,17,19). The first-order chi connectivity index (χ1) is 9.88. The molecule has 1 aliphatic heterocycles. The van der Waals surface area contributed by atoms with Crippen LogP contribution in [0.25, 0.3) is 0 Å². The van der Waals surface area contributed by atoms with Gasteiger partial charge in [-0.1, -0.05) is 37.0 Å². The van der Waals surface area contributed by atoms with Crippen molar-refractivity contribution in [1.29, 1.82) is 0 Å². The van der Waals surface area contributed by atoms with E-state index in [1.165, 1.54) is 11.3 Å². The Balaban J connectivity index is 1.88. The molecule has 1 saturated heterocycles. The molecule has 0 aliphatic carbocycles. The number of hydrogen-bond acceptors (Lipinski definition) is 3. The highest BCUT2D eigenvalue weighted by Crippen LogP contribution is 2.31. The summed E-state index contributed by atoms with van der Waals surface area (Å²) in [6.45, 7) is 5.16.